The van der Waals surface area contributed by atoms with Gasteiger partial charge in [0, 0.05) is 30.3 Å². The van der Waals surface area contributed by atoms with Crippen molar-refractivity contribution in [3.63, 3.8) is 0 Å². The lowest BCUT2D eigenvalue weighted by Crippen LogP contribution is -2.19. The van der Waals surface area contributed by atoms with Gasteiger partial charge in [-0.25, -0.2) is 0 Å². The molecule has 1 rings (SSSR count). The maximum atomic E-state index is 13.3. The predicted octanol–water partition coefficient (Wildman–Crippen LogP) is 1.80. The van der Waals surface area contributed by atoms with Crippen molar-refractivity contribution >= 4 is 17.3 Å². The minimum Gasteiger partial charge on any atom is -0.328 e. The Hall–Kier alpha value is -2.02. The topological polar surface area (TPSA) is 98.3 Å². The molecule has 18 heavy (non-hydrogen) atoms. The van der Waals surface area contributed by atoms with E-state index in [1.165, 1.54) is 6.07 Å². The maximum absolute atomic E-state index is 13.3. The highest BCUT2D eigenvalue weighted by molar-refractivity contribution is 5.90. The zero-order valence-corrected chi connectivity index (χ0v) is 9.85. The predicted molar refractivity (Wildman–Crippen MR) is 64.6 cm³/mol. The molecule has 1 unspecified atom stereocenters. The molecule has 0 saturated carbocycles. The molecule has 0 aliphatic rings. The fourth-order valence-electron chi connectivity index (χ4n) is 1.31. The third kappa shape index (κ3) is 4.10. The smallest absolute Gasteiger partial charge is 0.304 e. The summed E-state index contributed by atoms with van der Waals surface area (Å²) in [6, 6.07) is 3.12. The van der Waals surface area contributed by atoms with Crippen molar-refractivity contribution in [2.45, 2.75) is 25.8 Å². The number of benzene rings is 1. The van der Waals surface area contributed by atoms with Crippen molar-refractivity contribution < 1.29 is 14.1 Å². The van der Waals surface area contributed by atoms with Gasteiger partial charge in [0.25, 0.3) is 0 Å². The highest BCUT2D eigenvalue weighted by Gasteiger charge is 2.14. The maximum Gasteiger partial charge on any atom is 0.304 e. The molecule has 1 aromatic carbocycles. The lowest BCUT2D eigenvalue weighted by Gasteiger charge is -2.07. The number of hydrogen-bond acceptors (Lipinski definition) is 4. The summed E-state index contributed by atoms with van der Waals surface area (Å²) < 4.78 is 13.3. The molecule has 0 aliphatic heterocycles. The molecule has 0 aliphatic carbocycles. The molecule has 1 amide bonds. The second kappa shape index (κ2) is 6.06. The Morgan fingerprint density at radius 1 is 1.61 bits per heavy atom. The van der Waals surface area contributed by atoms with E-state index in [4.69, 9.17) is 5.73 Å². The van der Waals surface area contributed by atoms with Gasteiger partial charge in [0.15, 0.2) is 0 Å². The van der Waals surface area contributed by atoms with Crippen LogP contribution in [-0.2, 0) is 4.79 Å². The van der Waals surface area contributed by atoms with Gasteiger partial charge in [-0.15, -0.1) is 0 Å². The molecule has 0 heterocycles. The van der Waals surface area contributed by atoms with Crippen molar-refractivity contribution in [1.29, 1.82) is 0 Å². The Morgan fingerprint density at radius 3 is 2.78 bits per heavy atom. The fraction of sp³-hybridized carbons (Fsp3) is 0.364. The first-order chi connectivity index (χ1) is 8.40. The monoisotopic (exact) mass is 255 g/mol. The van der Waals surface area contributed by atoms with Gasteiger partial charge in [0.05, 0.1) is 4.92 Å². The second-order valence-corrected chi connectivity index (χ2v) is 3.99. The van der Waals surface area contributed by atoms with E-state index in [1.54, 1.807) is 6.92 Å². The number of rotatable bonds is 5. The van der Waals surface area contributed by atoms with Crippen LogP contribution in [0.25, 0.3) is 0 Å². The first-order valence-corrected chi connectivity index (χ1v) is 5.39. The third-order valence-electron chi connectivity index (χ3n) is 2.25. The van der Waals surface area contributed by atoms with Gasteiger partial charge in [0.1, 0.15) is 0 Å². The summed E-state index contributed by atoms with van der Waals surface area (Å²) in [7, 11) is 0. The Kier molecular flexibility index (Phi) is 4.73. The van der Waals surface area contributed by atoms with E-state index < -0.39 is 16.4 Å². The summed E-state index contributed by atoms with van der Waals surface area (Å²) in [5, 5.41) is 12.8. The number of nitro groups is 1. The summed E-state index contributed by atoms with van der Waals surface area (Å²) in [5.74, 6) is -1.29. The third-order valence-corrected chi connectivity index (χ3v) is 2.25. The summed E-state index contributed by atoms with van der Waals surface area (Å²) in [4.78, 5) is 21.0. The first-order valence-electron chi connectivity index (χ1n) is 5.39. The van der Waals surface area contributed by atoms with E-state index in [9.17, 15) is 19.3 Å². The molecule has 0 saturated heterocycles. The number of nitro benzene ring substituents is 1. The number of hydrogen-bond donors (Lipinski definition) is 2. The molecule has 0 radical (unpaired) electrons. The van der Waals surface area contributed by atoms with Crippen molar-refractivity contribution in [1.82, 2.24) is 0 Å². The summed E-state index contributed by atoms with van der Waals surface area (Å²) in [6.45, 7) is 1.78. The molecule has 3 N–H and O–H groups in total. The molecule has 0 spiro atoms. The van der Waals surface area contributed by atoms with Crippen LogP contribution in [0.15, 0.2) is 18.2 Å². The van der Waals surface area contributed by atoms with E-state index in [0.717, 1.165) is 12.1 Å². The van der Waals surface area contributed by atoms with Crippen LogP contribution >= 0.6 is 0 Å². The number of nitrogens with one attached hydrogen (secondary N) is 1. The molecule has 0 bridgehead atoms. The summed E-state index contributed by atoms with van der Waals surface area (Å²) in [5.41, 5.74) is 5.06. The number of nitrogens with two attached hydrogens (primary N) is 1. The normalized spacial score (nSPS) is 11.9. The van der Waals surface area contributed by atoms with Crippen molar-refractivity contribution in [2.75, 3.05) is 5.32 Å². The second-order valence-electron chi connectivity index (χ2n) is 3.99. The van der Waals surface area contributed by atoms with Crippen LogP contribution in [0, 0.1) is 15.9 Å². The van der Waals surface area contributed by atoms with E-state index in [2.05, 4.69) is 5.32 Å². The molecule has 1 atom stereocenters. The first kappa shape index (κ1) is 14.0. The molecule has 7 heteroatoms. The van der Waals surface area contributed by atoms with E-state index in [1.807, 2.05) is 0 Å². The zero-order valence-electron chi connectivity index (χ0n) is 9.85. The van der Waals surface area contributed by atoms with Crippen LogP contribution in [0.4, 0.5) is 15.8 Å². The number of carbonyl (C=O) groups excluding carboxylic acids is 1. The van der Waals surface area contributed by atoms with Crippen LogP contribution in [0.2, 0.25) is 0 Å². The molecule has 0 aromatic heterocycles. The van der Waals surface area contributed by atoms with Gasteiger partial charge in [-0.05, 0) is 19.4 Å². The quantitative estimate of drug-likeness (QED) is 0.619. The fourth-order valence-corrected chi connectivity index (χ4v) is 1.31. The Labute approximate surface area is 103 Å². The standard InChI is InChI=1S/C11H14FN3O3/c1-7(13)2-5-11(16)14-8-3-4-10(15(17)18)9(12)6-8/h3-4,6-7H,2,5,13H2,1H3,(H,14,16). The minimum atomic E-state index is -0.981. The van der Waals surface area contributed by atoms with Gasteiger partial charge in [-0.1, -0.05) is 0 Å². The van der Waals surface area contributed by atoms with Gasteiger partial charge in [-0.3, -0.25) is 14.9 Å². The molecule has 98 valence electrons. The number of nitrogens with zero attached hydrogens (tertiary/aromatic N) is 1. The van der Waals surface area contributed by atoms with Gasteiger partial charge in [0.2, 0.25) is 11.7 Å². The highest BCUT2D eigenvalue weighted by atomic mass is 19.1. The Bertz CT molecular complexity index is 463. The van der Waals surface area contributed by atoms with Gasteiger partial charge in [-0.2, -0.15) is 4.39 Å². The number of anilines is 1. The number of halogens is 1. The van der Waals surface area contributed by atoms with E-state index in [-0.39, 0.29) is 24.1 Å². The van der Waals surface area contributed by atoms with Gasteiger partial charge >= 0.3 is 5.69 Å². The largest absolute Gasteiger partial charge is 0.328 e. The molecule has 0 fully saturated rings. The molecular weight excluding hydrogens is 241 g/mol. The lowest BCUT2D eigenvalue weighted by molar-refractivity contribution is -0.387. The number of carbonyl (C=O) groups is 1. The molecule has 6 nitrogen and oxygen atoms in total. The summed E-state index contributed by atoms with van der Waals surface area (Å²) >= 11 is 0. The minimum absolute atomic E-state index is 0.0932. The van der Waals surface area contributed by atoms with Crippen LogP contribution in [0.5, 0.6) is 0 Å². The summed E-state index contributed by atoms with van der Waals surface area (Å²) in [6.07, 6.45) is 0.734. The van der Waals surface area contributed by atoms with Gasteiger partial charge < -0.3 is 11.1 Å². The van der Waals surface area contributed by atoms with Crippen LogP contribution in [0.3, 0.4) is 0 Å². The van der Waals surface area contributed by atoms with Crippen molar-refractivity contribution in [3.8, 4) is 0 Å². The van der Waals surface area contributed by atoms with Crippen LogP contribution < -0.4 is 11.1 Å². The molecule has 1 aromatic rings. The van der Waals surface area contributed by atoms with Crippen LogP contribution in [-0.4, -0.2) is 16.9 Å². The van der Waals surface area contributed by atoms with Crippen LogP contribution in [0.1, 0.15) is 19.8 Å². The van der Waals surface area contributed by atoms with Crippen molar-refractivity contribution in [2.24, 2.45) is 5.73 Å². The molecular formula is C11H14FN3O3. The van der Waals surface area contributed by atoms with E-state index in [0.29, 0.717) is 6.42 Å². The Morgan fingerprint density at radius 2 is 2.28 bits per heavy atom. The SMILES string of the molecule is CC(N)CCC(=O)Nc1ccc([N+](=O)[O-])c(F)c1. The average molecular weight is 255 g/mol. The van der Waals surface area contributed by atoms with E-state index >= 15 is 0 Å². The van der Waals surface area contributed by atoms with Crippen molar-refractivity contribution in [3.05, 3.63) is 34.1 Å². The lowest BCUT2D eigenvalue weighted by atomic mass is 10.2. The Balaban J connectivity index is 2.66. The number of amides is 1. The highest BCUT2D eigenvalue weighted by Crippen LogP contribution is 2.20. The average Bonchev–Trinajstić information content (AvgIpc) is 2.26. The zero-order chi connectivity index (χ0) is 13.7.